The second-order valence-electron chi connectivity index (χ2n) is 6.00. The first-order valence-corrected chi connectivity index (χ1v) is 7.37. The van der Waals surface area contributed by atoms with Crippen LogP contribution in [0.25, 0.3) is 0 Å². The first kappa shape index (κ1) is 16.0. The first-order valence-electron chi connectivity index (χ1n) is 7.37. The Balaban J connectivity index is 1.80. The normalized spacial score (nSPS) is 26.4. The molecule has 23 heavy (non-hydrogen) atoms. The second-order valence-corrected chi connectivity index (χ2v) is 6.00. The van der Waals surface area contributed by atoms with Gasteiger partial charge in [0.2, 0.25) is 0 Å². The topological polar surface area (TPSA) is 78.2 Å². The lowest BCUT2D eigenvalue weighted by atomic mass is 9.58. The summed E-state index contributed by atoms with van der Waals surface area (Å²) in [6, 6.07) is 3.49. The summed E-state index contributed by atoms with van der Waals surface area (Å²) < 4.78 is 43.7. The third kappa shape index (κ3) is 2.75. The van der Waals surface area contributed by atoms with Crippen LogP contribution in [0.1, 0.15) is 30.5 Å². The lowest BCUT2D eigenvalue weighted by Gasteiger charge is -2.55. The van der Waals surface area contributed by atoms with E-state index in [4.69, 9.17) is 10.00 Å². The molecule has 1 saturated heterocycles. The van der Waals surface area contributed by atoms with Crippen molar-refractivity contribution in [3.05, 3.63) is 23.4 Å². The van der Waals surface area contributed by atoms with Crippen molar-refractivity contribution in [2.45, 2.75) is 37.6 Å². The molecule has 1 saturated carbocycles. The van der Waals surface area contributed by atoms with Crippen molar-refractivity contribution in [1.29, 1.82) is 5.26 Å². The van der Waals surface area contributed by atoms with E-state index in [1.54, 1.807) is 0 Å². The summed E-state index contributed by atoms with van der Waals surface area (Å²) >= 11 is 0. The second kappa shape index (κ2) is 5.65. The molecule has 1 aliphatic carbocycles. The highest BCUT2D eigenvalue weighted by molar-refractivity contribution is 5.45. The van der Waals surface area contributed by atoms with Crippen molar-refractivity contribution in [3.63, 3.8) is 0 Å². The molecule has 2 fully saturated rings. The average Bonchev–Trinajstić information content (AvgIpc) is 2.54. The van der Waals surface area contributed by atoms with E-state index < -0.39 is 23.5 Å². The SMILES string of the molecule is N#Cc1nc(N[C@@H]2C[C@@H](O)C23CCOCC3)ccc1C(F)(F)F. The van der Waals surface area contributed by atoms with Crippen LogP contribution in [0.3, 0.4) is 0 Å². The Labute approximate surface area is 131 Å². The van der Waals surface area contributed by atoms with Crippen molar-refractivity contribution in [2.75, 3.05) is 18.5 Å². The number of pyridine rings is 1. The summed E-state index contributed by atoms with van der Waals surface area (Å²) in [7, 11) is 0. The van der Waals surface area contributed by atoms with Gasteiger partial charge < -0.3 is 15.2 Å². The van der Waals surface area contributed by atoms with Crippen LogP contribution in [0.4, 0.5) is 19.0 Å². The zero-order chi connectivity index (χ0) is 16.7. The van der Waals surface area contributed by atoms with E-state index in [2.05, 4.69) is 10.3 Å². The number of nitriles is 1. The molecule has 1 aromatic heterocycles. The molecule has 2 atom stereocenters. The van der Waals surface area contributed by atoms with E-state index in [0.717, 1.165) is 6.07 Å². The fourth-order valence-electron chi connectivity index (χ4n) is 3.43. The standard InChI is InChI=1S/C15H16F3N3O2/c16-15(17,18)9-1-2-13(20-10(9)8-19)21-11-7-12(22)14(11)3-5-23-6-4-14/h1-2,11-12,22H,3-7H2,(H,20,21)/t11-,12-/m1/s1. The van der Waals surface area contributed by atoms with Crippen LogP contribution in [-0.2, 0) is 10.9 Å². The van der Waals surface area contributed by atoms with Gasteiger partial charge in [0.05, 0.1) is 11.7 Å². The Morgan fingerprint density at radius 3 is 2.61 bits per heavy atom. The summed E-state index contributed by atoms with van der Waals surface area (Å²) in [5, 5.41) is 22.1. The zero-order valence-corrected chi connectivity index (χ0v) is 12.2. The molecule has 1 aliphatic heterocycles. The lowest BCUT2D eigenvalue weighted by Crippen LogP contribution is -2.62. The molecule has 1 aromatic rings. The first-order chi connectivity index (χ1) is 10.9. The highest BCUT2D eigenvalue weighted by atomic mass is 19.4. The zero-order valence-electron chi connectivity index (χ0n) is 12.2. The van der Waals surface area contributed by atoms with Crippen molar-refractivity contribution in [2.24, 2.45) is 5.41 Å². The minimum atomic E-state index is -4.61. The third-order valence-electron chi connectivity index (χ3n) is 4.87. The minimum absolute atomic E-state index is 0.0859. The Morgan fingerprint density at radius 1 is 1.35 bits per heavy atom. The Bertz CT molecular complexity index is 636. The fraction of sp³-hybridized carbons (Fsp3) is 0.600. The largest absolute Gasteiger partial charge is 0.419 e. The van der Waals surface area contributed by atoms with Crippen molar-refractivity contribution >= 4 is 5.82 Å². The number of ether oxygens (including phenoxy) is 1. The van der Waals surface area contributed by atoms with E-state index in [1.807, 2.05) is 0 Å². The van der Waals surface area contributed by atoms with Gasteiger partial charge in [-0.2, -0.15) is 18.4 Å². The summed E-state index contributed by atoms with van der Waals surface area (Å²) in [5.41, 5.74) is -2.02. The maximum absolute atomic E-state index is 12.8. The molecule has 0 radical (unpaired) electrons. The summed E-state index contributed by atoms with van der Waals surface area (Å²) in [4.78, 5) is 3.78. The molecule has 1 spiro atoms. The third-order valence-corrected chi connectivity index (χ3v) is 4.87. The van der Waals surface area contributed by atoms with Crippen LogP contribution in [0.5, 0.6) is 0 Å². The predicted octanol–water partition coefficient (Wildman–Crippen LogP) is 2.31. The quantitative estimate of drug-likeness (QED) is 0.871. The summed E-state index contributed by atoms with van der Waals surface area (Å²) in [5.74, 6) is 0.220. The van der Waals surface area contributed by atoms with Crippen LogP contribution in [0.2, 0.25) is 0 Å². The van der Waals surface area contributed by atoms with E-state index in [1.165, 1.54) is 12.1 Å². The molecular weight excluding hydrogens is 311 g/mol. The Morgan fingerprint density at radius 2 is 2.04 bits per heavy atom. The minimum Gasteiger partial charge on any atom is -0.392 e. The van der Waals surface area contributed by atoms with Gasteiger partial charge >= 0.3 is 6.18 Å². The maximum atomic E-state index is 12.8. The predicted molar refractivity (Wildman–Crippen MR) is 74.5 cm³/mol. The number of alkyl halides is 3. The molecule has 8 heteroatoms. The molecule has 2 heterocycles. The number of hydrogen-bond acceptors (Lipinski definition) is 5. The Hall–Kier alpha value is -1.85. The van der Waals surface area contributed by atoms with Gasteiger partial charge in [-0.05, 0) is 31.4 Å². The van der Waals surface area contributed by atoms with E-state index in [0.29, 0.717) is 32.5 Å². The van der Waals surface area contributed by atoms with Crippen molar-refractivity contribution in [1.82, 2.24) is 4.98 Å². The molecule has 5 nitrogen and oxygen atoms in total. The van der Waals surface area contributed by atoms with Crippen LogP contribution in [-0.4, -0.2) is 35.5 Å². The molecule has 124 valence electrons. The molecule has 0 unspecified atom stereocenters. The number of halogens is 3. The molecule has 2 aliphatic rings. The molecule has 0 bridgehead atoms. The molecular formula is C15H16F3N3O2. The smallest absolute Gasteiger partial charge is 0.392 e. The van der Waals surface area contributed by atoms with E-state index in [-0.39, 0.29) is 17.3 Å². The molecule has 0 amide bonds. The van der Waals surface area contributed by atoms with Gasteiger partial charge in [-0.25, -0.2) is 4.98 Å². The number of aliphatic hydroxyl groups is 1. The van der Waals surface area contributed by atoms with Gasteiger partial charge in [0.25, 0.3) is 0 Å². The number of nitrogens with zero attached hydrogens (tertiary/aromatic N) is 2. The van der Waals surface area contributed by atoms with Crippen LogP contribution in [0, 0.1) is 16.7 Å². The molecule has 2 N–H and O–H groups in total. The van der Waals surface area contributed by atoms with Crippen LogP contribution in [0.15, 0.2) is 12.1 Å². The molecule has 0 aromatic carbocycles. The number of aromatic nitrogens is 1. The van der Waals surface area contributed by atoms with Crippen LogP contribution < -0.4 is 5.32 Å². The van der Waals surface area contributed by atoms with Gasteiger partial charge in [0, 0.05) is 24.7 Å². The highest BCUT2D eigenvalue weighted by Crippen LogP contribution is 2.50. The summed E-state index contributed by atoms with van der Waals surface area (Å²) in [6.45, 7) is 1.11. The number of hydrogen-bond donors (Lipinski definition) is 2. The van der Waals surface area contributed by atoms with Crippen molar-refractivity contribution in [3.8, 4) is 6.07 Å². The van der Waals surface area contributed by atoms with Gasteiger partial charge in [-0.3, -0.25) is 0 Å². The number of rotatable bonds is 2. The number of aliphatic hydroxyl groups excluding tert-OH is 1. The van der Waals surface area contributed by atoms with Gasteiger partial charge in [-0.15, -0.1) is 0 Å². The average molecular weight is 327 g/mol. The number of anilines is 1. The highest BCUT2D eigenvalue weighted by Gasteiger charge is 2.55. The van der Waals surface area contributed by atoms with Crippen LogP contribution >= 0.6 is 0 Å². The molecule has 3 rings (SSSR count). The summed E-state index contributed by atoms with van der Waals surface area (Å²) in [6.07, 6.45) is -3.17. The van der Waals surface area contributed by atoms with Gasteiger partial charge in [0.1, 0.15) is 11.9 Å². The van der Waals surface area contributed by atoms with E-state index >= 15 is 0 Å². The fourth-order valence-corrected chi connectivity index (χ4v) is 3.43. The monoisotopic (exact) mass is 327 g/mol. The maximum Gasteiger partial charge on any atom is 0.419 e. The van der Waals surface area contributed by atoms with Gasteiger partial charge in [-0.1, -0.05) is 0 Å². The lowest BCUT2D eigenvalue weighted by molar-refractivity contribution is -0.138. The number of nitrogens with one attached hydrogen (secondary N) is 1. The van der Waals surface area contributed by atoms with E-state index in [9.17, 15) is 18.3 Å². The Kier molecular flexibility index (Phi) is 3.94. The van der Waals surface area contributed by atoms with Gasteiger partial charge in [0.15, 0.2) is 5.69 Å². The van der Waals surface area contributed by atoms with Crippen molar-refractivity contribution < 1.29 is 23.0 Å².